The van der Waals surface area contributed by atoms with Crippen molar-refractivity contribution in [2.24, 2.45) is 4.99 Å². The van der Waals surface area contributed by atoms with E-state index in [1.165, 1.54) is 5.56 Å². The van der Waals surface area contributed by atoms with Gasteiger partial charge in [-0.15, -0.1) is 0 Å². The molecule has 1 heterocycles. The maximum atomic E-state index is 4.79. The Labute approximate surface area is 144 Å². The van der Waals surface area contributed by atoms with Crippen LogP contribution in [0.2, 0.25) is 0 Å². The van der Waals surface area contributed by atoms with Crippen LogP contribution in [0.25, 0.3) is 0 Å². The minimum atomic E-state index is 0.909. The van der Waals surface area contributed by atoms with Gasteiger partial charge >= 0.3 is 0 Å². The zero-order chi connectivity index (χ0) is 17.4. The highest BCUT2D eigenvalue weighted by Crippen LogP contribution is 2.21. The second kappa shape index (κ2) is 8.77. The molecule has 1 N–H and O–H groups in total. The number of rotatable bonds is 6. The lowest BCUT2D eigenvalue weighted by Gasteiger charge is -2.14. The zero-order valence-corrected chi connectivity index (χ0v) is 14.7. The van der Waals surface area contributed by atoms with E-state index in [0.717, 1.165) is 34.8 Å². The van der Waals surface area contributed by atoms with Gasteiger partial charge in [0.2, 0.25) is 0 Å². The van der Waals surface area contributed by atoms with E-state index in [2.05, 4.69) is 47.6 Å². The van der Waals surface area contributed by atoms with Crippen molar-refractivity contribution in [3.8, 4) is 0 Å². The molecular weight excluding hydrogens is 296 g/mol. The molecular formula is C20H24N4. The Bertz CT molecular complexity index is 758. The summed E-state index contributed by atoms with van der Waals surface area (Å²) >= 11 is 0. The number of allylic oxidation sites excluding steroid dienone is 2. The molecule has 1 aromatic heterocycles. The van der Waals surface area contributed by atoms with E-state index in [4.69, 9.17) is 4.99 Å². The topological polar surface area (TPSA) is 50.2 Å². The summed E-state index contributed by atoms with van der Waals surface area (Å²) in [5, 5.41) is 11.2. The SMILES string of the molecule is C/C=C(N=C(C)c1ccnnc1)/C(=C/CC)Nc1ccccc1C. The highest BCUT2D eigenvalue weighted by atomic mass is 15.1. The number of hydrogen-bond acceptors (Lipinski definition) is 4. The third kappa shape index (κ3) is 4.62. The van der Waals surface area contributed by atoms with Gasteiger partial charge in [-0.3, -0.25) is 4.99 Å². The summed E-state index contributed by atoms with van der Waals surface area (Å²) in [6.45, 7) is 8.20. The zero-order valence-electron chi connectivity index (χ0n) is 14.7. The molecule has 1 aromatic carbocycles. The number of nitrogens with one attached hydrogen (secondary N) is 1. The predicted molar refractivity (Wildman–Crippen MR) is 101 cm³/mol. The first-order chi connectivity index (χ1) is 11.7. The van der Waals surface area contributed by atoms with Crippen LogP contribution < -0.4 is 5.32 Å². The van der Waals surface area contributed by atoms with E-state index in [-0.39, 0.29) is 0 Å². The van der Waals surface area contributed by atoms with Crippen molar-refractivity contribution in [2.45, 2.75) is 34.1 Å². The standard InChI is InChI=1S/C20H24N4/c1-5-9-20(24-19-11-8-7-10-15(19)3)18(6-2)23-16(4)17-12-13-21-22-14-17/h6-14,24H,5H2,1-4H3/b18-6-,20-9-,23-16?. The van der Waals surface area contributed by atoms with Crippen LogP contribution in [0.1, 0.15) is 38.3 Å². The summed E-state index contributed by atoms with van der Waals surface area (Å²) in [4.78, 5) is 4.79. The van der Waals surface area contributed by atoms with Gasteiger partial charge in [0.25, 0.3) is 0 Å². The normalized spacial score (nSPS) is 13.1. The Hall–Kier alpha value is -2.75. The van der Waals surface area contributed by atoms with Crippen LogP contribution in [0.3, 0.4) is 0 Å². The number of anilines is 1. The highest BCUT2D eigenvalue weighted by molar-refractivity contribution is 5.99. The number of para-hydroxylation sites is 1. The number of aliphatic imine (C=N–C) groups is 1. The molecule has 0 bridgehead atoms. The first-order valence-electron chi connectivity index (χ1n) is 8.17. The molecule has 4 nitrogen and oxygen atoms in total. The summed E-state index contributed by atoms with van der Waals surface area (Å²) in [7, 11) is 0. The monoisotopic (exact) mass is 320 g/mol. The minimum Gasteiger partial charge on any atom is -0.354 e. The fourth-order valence-corrected chi connectivity index (χ4v) is 2.31. The smallest absolute Gasteiger partial charge is 0.0822 e. The average molecular weight is 320 g/mol. The second-order valence-corrected chi connectivity index (χ2v) is 5.47. The number of benzene rings is 1. The van der Waals surface area contributed by atoms with Gasteiger partial charge in [0.1, 0.15) is 0 Å². The third-order valence-corrected chi connectivity index (χ3v) is 3.66. The van der Waals surface area contributed by atoms with Gasteiger partial charge in [0, 0.05) is 17.0 Å². The lowest BCUT2D eigenvalue weighted by molar-refractivity contribution is 1.03. The van der Waals surface area contributed by atoms with Crippen LogP contribution in [-0.2, 0) is 0 Å². The molecule has 2 rings (SSSR count). The van der Waals surface area contributed by atoms with E-state index >= 15 is 0 Å². The van der Waals surface area contributed by atoms with E-state index < -0.39 is 0 Å². The molecule has 0 amide bonds. The van der Waals surface area contributed by atoms with Crippen molar-refractivity contribution < 1.29 is 0 Å². The number of aryl methyl sites for hydroxylation is 1. The van der Waals surface area contributed by atoms with Gasteiger partial charge in [-0.25, -0.2) is 0 Å². The molecule has 124 valence electrons. The van der Waals surface area contributed by atoms with Gasteiger partial charge in [-0.05, 0) is 44.9 Å². The van der Waals surface area contributed by atoms with Crippen molar-refractivity contribution in [3.05, 3.63) is 77.4 Å². The van der Waals surface area contributed by atoms with Crippen LogP contribution >= 0.6 is 0 Å². The van der Waals surface area contributed by atoms with Gasteiger partial charge < -0.3 is 5.32 Å². The van der Waals surface area contributed by atoms with Crippen molar-refractivity contribution in [2.75, 3.05) is 5.32 Å². The van der Waals surface area contributed by atoms with Crippen LogP contribution in [0.5, 0.6) is 0 Å². The summed E-state index contributed by atoms with van der Waals surface area (Å²) in [5.41, 5.74) is 6.09. The number of hydrogen-bond donors (Lipinski definition) is 1. The first kappa shape index (κ1) is 17.6. The second-order valence-electron chi connectivity index (χ2n) is 5.47. The molecule has 0 fully saturated rings. The van der Waals surface area contributed by atoms with E-state index in [1.807, 2.05) is 38.1 Å². The molecule has 0 atom stereocenters. The Morgan fingerprint density at radius 1 is 1.21 bits per heavy atom. The molecule has 0 aliphatic heterocycles. The Morgan fingerprint density at radius 2 is 2.00 bits per heavy atom. The van der Waals surface area contributed by atoms with Crippen molar-refractivity contribution in [1.82, 2.24) is 10.2 Å². The molecule has 0 saturated heterocycles. The van der Waals surface area contributed by atoms with Crippen LogP contribution in [0.15, 0.2) is 71.3 Å². The lowest BCUT2D eigenvalue weighted by atomic mass is 10.1. The fraction of sp³-hybridized carbons (Fsp3) is 0.250. The van der Waals surface area contributed by atoms with Gasteiger partial charge in [0.05, 0.1) is 23.8 Å². The average Bonchev–Trinajstić information content (AvgIpc) is 2.61. The molecule has 4 heteroatoms. The van der Waals surface area contributed by atoms with Gasteiger partial charge in [0.15, 0.2) is 0 Å². The maximum absolute atomic E-state index is 4.79. The van der Waals surface area contributed by atoms with E-state index in [1.54, 1.807) is 12.4 Å². The quantitative estimate of drug-likeness (QED) is 0.608. The summed E-state index contributed by atoms with van der Waals surface area (Å²) in [6.07, 6.45) is 8.51. The summed E-state index contributed by atoms with van der Waals surface area (Å²) in [6, 6.07) is 10.2. The fourth-order valence-electron chi connectivity index (χ4n) is 2.31. The summed E-state index contributed by atoms with van der Waals surface area (Å²) in [5.74, 6) is 0. The lowest BCUT2D eigenvalue weighted by Crippen LogP contribution is -2.05. The Balaban J connectivity index is 2.32. The number of nitrogens with zero attached hydrogens (tertiary/aromatic N) is 3. The molecule has 0 aliphatic rings. The minimum absolute atomic E-state index is 0.909. The maximum Gasteiger partial charge on any atom is 0.0822 e. The molecule has 24 heavy (non-hydrogen) atoms. The van der Waals surface area contributed by atoms with Gasteiger partial charge in [-0.1, -0.05) is 37.3 Å². The molecule has 0 radical (unpaired) electrons. The van der Waals surface area contributed by atoms with Crippen molar-refractivity contribution >= 4 is 11.4 Å². The molecule has 0 spiro atoms. The third-order valence-electron chi connectivity index (χ3n) is 3.66. The Morgan fingerprint density at radius 3 is 2.62 bits per heavy atom. The number of aromatic nitrogens is 2. The van der Waals surface area contributed by atoms with Crippen LogP contribution in [0.4, 0.5) is 5.69 Å². The first-order valence-corrected chi connectivity index (χ1v) is 8.17. The molecule has 0 aliphatic carbocycles. The molecule has 0 saturated carbocycles. The van der Waals surface area contributed by atoms with E-state index in [9.17, 15) is 0 Å². The largest absolute Gasteiger partial charge is 0.354 e. The van der Waals surface area contributed by atoms with E-state index in [0.29, 0.717) is 0 Å². The van der Waals surface area contributed by atoms with Crippen molar-refractivity contribution in [1.29, 1.82) is 0 Å². The van der Waals surface area contributed by atoms with Crippen molar-refractivity contribution in [3.63, 3.8) is 0 Å². The van der Waals surface area contributed by atoms with Crippen LogP contribution in [-0.4, -0.2) is 15.9 Å². The Kier molecular flexibility index (Phi) is 6.43. The summed E-state index contributed by atoms with van der Waals surface area (Å²) < 4.78 is 0. The highest BCUT2D eigenvalue weighted by Gasteiger charge is 2.07. The predicted octanol–water partition coefficient (Wildman–Crippen LogP) is 4.90. The van der Waals surface area contributed by atoms with Crippen LogP contribution in [0, 0.1) is 6.92 Å². The molecule has 2 aromatic rings. The van der Waals surface area contributed by atoms with Gasteiger partial charge in [-0.2, -0.15) is 10.2 Å². The molecule has 0 unspecified atom stereocenters.